The number of carbonyl (C=O) groups is 1. The van der Waals surface area contributed by atoms with Crippen LogP contribution in [0.4, 0.5) is 5.69 Å². The van der Waals surface area contributed by atoms with Crippen molar-refractivity contribution in [3.63, 3.8) is 0 Å². The third-order valence-electron chi connectivity index (χ3n) is 2.41. The zero-order valence-corrected chi connectivity index (χ0v) is 8.92. The Morgan fingerprint density at radius 2 is 2.12 bits per heavy atom. The van der Waals surface area contributed by atoms with Crippen LogP contribution in [0.15, 0.2) is 36.5 Å². The number of para-hydroxylation sites is 1. The van der Waals surface area contributed by atoms with Crippen LogP contribution in [0, 0.1) is 0 Å². The van der Waals surface area contributed by atoms with Crippen LogP contribution in [0.1, 0.15) is 0 Å². The fourth-order valence-electron chi connectivity index (χ4n) is 1.70. The summed E-state index contributed by atoms with van der Waals surface area (Å²) in [4.78, 5) is 16.6. The van der Waals surface area contributed by atoms with E-state index < -0.39 is 5.97 Å². The lowest BCUT2D eigenvalue weighted by molar-refractivity contribution is -0.135. The standard InChI is InChI=1S/C12H12N2O2/c1-14(8-12(15)16)11-6-7-13-10-5-3-2-4-9(10)11/h2-7H,8H2,1H3,(H,15,16). The third kappa shape index (κ3) is 1.95. The molecule has 0 unspecified atom stereocenters. The number of benzene rings is 1. The molecule has 0 aliphatic heterocycles. The number of carboxylic acids is 1. The highest BCUT2D eigenvalue weighted by Gasteiger charge is 2.08. The van der Waals surface area contributed by atoms with Crippen molar-refractivity contribution in [1.82, 2.24) is 4.98 Å². The molecule has 0 aliphatic rings. The van der Waals surface area contributed by atoms with Gasteiger partial charge in [0.25, 0.3) is 0 Å². The monoisotopic (exact) mass is 216 g/mol. The molecule has 0 fully saturated rings. The molecule has 0 bridgehead atoms. The number of aromatic nitrogens is 1. The molecule has 0 saturated carbocycles. The maximum atomic E-state index is 10.7. The summed E-state index contributed by atoms with van der Waals surface area (Å²) in [7, 11) is 1.76. The predicted octanol–water partition coefficient (Wildman–Crippen LogP) is 1.76. The molecule has 0 atom stereocenters. The number of anilines is 1. The molecule has 0 aliphatic carbocycles. The van der Waals surface area contributed by atoms with Gasteiger partial charge in [-0.1, -0.05) is 18.2 Å². The van der Waals surface area contributed by atoms with Gasteiger partial charge in [0.05, 0.1) is 5.52 Å². The van der Waals surface area contributed by atoms with Gasteiger partial charge in [-0.15, -0.1) is 0 Å². The van der Waals surface area contributed by atoms with E-state index >= 15 is 0 Å². The van der Waals surface area contributed by atoms with Crippen molar-refractivity contribution in [2.24, 2.45) is 0 Å². The second kappa shape index (κ2) is 4.18. The van der Waals surface area contributed by atoms with Gasteiger partial charge in [0.1, 0.15) is 6.54 Å². The number of rotatable bonds is 3. The molecule has 1 N–H and O–H groups in total. The minimum Gasteiger partial charge on any atom is -0.480 e. The van der Waals surface area contributed by atoms with E-state index in [1.165, 1.54) is 0 Å². The first-order chi connectivity index (χ1) is 7.68. The van der Waals surface area contributed by atoms with Crippen molar-refractivity contribution in [3.05, 3.63) is 36.5 Å². The third-order valence-corrected chi connectivity index (χ3v) is 2.41. The highest BCUT2D eigenvalue weighted by Crippen LogP contribution is 2.23. The van der Waals surface area contributed by atoms with E-state index in [0.717, 1.165) is 16.6 Å². The summed E-state index contributed by atoms with van der Waals surface area (Å²) in [6.07, 6.45) is 1.69. The molecular weight excluding hydrogens is 204 g/mol. The number of carboxylic acid groups (broad SMARTS) is 1. The van der Waals surface area contributed by atoms with Gasteiger partial charge in [0.2, 0.25) is 0 Å². The number of hydrogen-bond donors (Lipinski definition) is 1. The minimum atomic E-state index is -0.844. The Morgan fingerprint density at radius 1 is 1.38 bits per heavy atom. The van der Waals surface area contributed by atoms with Crippen LogP contribution >= 0.6 is 0 Å². The van der Waals surface area contributed by atoms with E-state index in [4.69, 9.17) is 5.11 Å². The summed E-state index contributed by atoms with van der Waals surface area (Å²) < 4.78 is 0. The molecule has 2 aromatic rings. The first-order valence-electron chi connectivity index (χ1n) is 4.95. The zero-order valence-electron chi connectivity index (χ0n) is 8.92. The minimum absolute atomic E-state index is 0.0198. The Hall–Kier alpha value is -2.10. The smallest absolute Gasteiger partial charge is 0.323 e. The van der Waals surface area contributed by atoms with Crippen LogP contribution in [0.25, 0.3) is 10.9 Å². The second-order valence-electron chi connectivity index (χ2n) is 3.60. The normalized spacial score (nSPS) is 10.3. The number of fused-ring (bicyclic) bond motifs is 1. The average molecular weight is 216 g/mol. The summed E-state index contributed by atoms with van der Waals surface area (Å²) in [5, 5.41) is 9.73. The second-order valence-corrected chi connectivity index (χ2v) is 3.60. The summed E-state index contributed by atoms with van der Waals surface area (Å²) >= 11 is 0. The van der Waals surface area contributed by atoms with E-state index in [9.17, 15) is 4.79 Å². The molecule has 82 valence electrons. The Labute approximate surface area is 93.1 Å². The largest absolute Gasteiger partial charge is 0.480 e. The summed E-state index contributed by atoms with van der Waals surface area (Å²) in [6.45, 7) is -0.0198. The molecule has 0 radical (unpaired) electrons. The van der Waals surface area contributed by atoms with Gasteiger partial charge in [-0.25, -0.2) is 0 Å². The van der Waals surface area contributed by atoms with E-state index in [-0.39, 0.29) is 6.54 Å². The van der Waals surface area contributed by atoms with Gasteiger partial charge in [-0.05, 0) is 12.1 Å². The van der Waals surface area contributed by atoms with Crippen LogP contribution in [0.3, 0.4) is 0 Å². The lowest BCUT2D eigenvalue weighted by atomic mass is 10.2. The lowest BCUT2D eigenvalue weighted by Gasteiger charge is -2.18. The van der Waals surface area contributed by atoms with Crippen LogP contribution in [0.5, 0.6) is 0 Å². The quantitative estimate of drug-likeness (QED) is 0.849. The number of likely N-dealkylation sites (N-methyl/N-ethyl adjacent to an activating group) is 1. The molecule has 4 nitrogen and oxygen atoms in total. The molecule has 4 heteroatoms. The van der Waals surface area contributed by atoms with Crippen LogP contribution in [-0.2, 0) is 4.79 Å². The number of pyridine rings is 1. The highest BCUT2D eigenvalue weighted by molar-refractivity contribution is 5.92. The molecule has 1 aromatic carbocycles. The molecule has 0 spiro atoms. The van der Waals surface area contributed by atoms with E-state index in [2.05, 4.69) is 4.98 Å². The Balaban J connectivity index is 2.47. The maximum Gasteiger partial charge on any atom is 0.323 e. The van der Waals surface area contributed by atoms with Gasteiger partial charge in [-0.3, -0.25) is 9.78 Å². The number of hydrogen-bond acceptors (Lipinski definition) is 3. The molecule has 2 rings (SSSR count). The summed E-state index contributed by atoms with van der Waals surface area (Å²) in [5.74, 6) is -0.844. The summed E-state index contributed by atoms with van der Waals surface area (Å²) in [5.41, 5.74) is 1.75. The van der Waals surface area contributed by atoms with Crippen molar-refractivity contribution < 1.29 is 9.90 Å². The fourth-order valence-corrected chi connectivity index (χ4v) is 1.70. The Kier molecular flexibility index (Phi) is 2.72. The number of nitrogens with zero attached hydrogens (tertiary/aromatic N) is 2. The molecular formula is C12H12N2O2. The molecule has 0 amide bonds. The van der Waals surface area contributed by atoms with Gasteiger partial charge in [0, 0.05) is 24.3 Å². The van der Waals surface area contributed by atoms with Gasteiger partial charge in [0.15, 0.2) is 0 Å². The first-order valence-corrected chi connectivity index (χ1v) is 4.95. The van der Waals surface area contributed by atoms with Crippen molar-refractivity contribution >= 4 is 22.6 Å². The van der Waals surface area contributed by atoms with Crippen LogP contribution in [-0.4, -0.2) is 29.7 Å². The molecule has 0 saturated heterocycles. The first kappa shape index (κ1) is 10.4. The highest BCUT2D eigenvalue weighted by atomic mass is 16.4. The summed E-state index contributed by atoms with van der Waals surface area (Å²) in [6, 6.07) is 9.51. The zero-order chi connectivity index (χ0) is 11.5. The van der Waals surface area contributed by atoms with Gasteiger partial charge < -0.3 is 10.0 Å². The van der Waals surface area contributed by atoms with Gasteiger partial charge >= 0.3 is 5.97 Å². The average Bonchev–Trinajstić information content (AvgIpc) is 2.27. The molecule has 16 heavy (non-hydrogen) atoms. The van der Waals surface area contributed by atoms with E-state index in [1.54, 1.807) is 18.1 Å². The lowest BCUT2D eigenvalue weighted by Crippen LogP contribution is -2.25. The predicted molar refractivity (Wildman–Crippen MR) is 62.6 cm³/mol. The Morgan fingerprint density at radius 3 is 2.88 bits per heavy atom. The molecule has 1 aromatic heterocycles. The molecule has 1 heterocycles. The fraction of sp³-hybridized carbons (Fsp3) is 0.167. The maximum absolute atomic E-state index is 10.7. The van der Waals surface area contributed by atoms with Crippen molar-refractivity contribution in [2.45, 2.75) is 0 Å². The van der Waals surface area contributed by atoms with E-state index in [1.807, 2.05) is 30.3 Å². The number of aliphatic carboxylic acids is 1. The van der Waals surface area contributed by atoms with Crippen LogP contribution < -0.4 is 4.90 Å². The van der Waals surface area contributed by atoms with Crippen molar-refractivity contribution in [2.75, 3.05) is 18.5 Å². The van der Waals surface area contributed by atoms with Crippen LogP contribution in [0.2, 0.25) is 0 Å². The van der Waals surface area contributed by atoms with Crippen molar-refractivity contribution in [3.8, 4) is 0 Å². The van der Waals surface area contributed by atoms with E-state index in [0.29, 0.717) is 0 Å². The topological polar surface area (TPSA) is 53.4 Å². The Bertz CT molecular complexity index is 520. The SMILES string of the molecule is CN(CC(=O)O)c1ccnc2ccccc12. The van der Waals surface area contributed by atoms with Crippen molar-refractivity contribution in [1.29, 1.82) is 0 Å². The van der Waals surface area contributed by atoms with Gasteiger partial charge in [-0.2, -0.15) is 0 Å².